The molecule has 0 aliphatic carbocycles. The van der Waals surface area contributed by atoms with E-state index in [1.807, 2.05) is 43.3 Å². The van der Waals surface area contributed by atoms with Crippen LogP contribution in [0, 0.1) is 5.92 Å². The fourth-order valence-electron chi connectivity index (χ4n) is 2.30. The molecule has 6 heteroatoms. The van der Waals surface area contributed by atoms with Crippen LogP contribution in [0.3, 0.4) is 0 Å². The largest absolute Gasteiger partial charge is 0.481 e. The third-order valence-corrected chi connectivity index (χ3v) is 3.37. The Morgan fingerprint density at radius 3 is 2.40 bits per heavy atom. The average molecular weight is 275 g/mol. The summed E-state index contributed by atoms with van der Waals surface area (Å²) in [5.74, 6) is -1.83. The third kappa shape index (κ3) is 2.64. The Kier molecular flexibility index (Phi) is 3.74. The van der Waals surface area contributed by atoms with E-state index in [1.54, 1.807) is 6.92 Å². The molecule has 1 aliphatic rings. The number of aliphatic imine (C=N–C) groups is 1. The topological polar surface area (TPSA) is 82.0 Å². The summed E-state index contributed by atoms with van der Waals surface area (Å²) in [5, 5.41) is 12.0. The molecule has 2 atom stereocenters. The number of urea groups is 1. The van der Waals surface area contributed by atoms with Crippen molar-refractivity contribution in [2.24, 2.45) is 10.9 Å². The fourth-order valence-corrected chi connectivity index (χ4v) is 2.30. The van der Waals surface area contributed by atoms with Gasteiger partial charge in [-0.05, 0) is 24.6 Å². The first-order chi connectivity index (χ1) is 9.40. The summed E-state index contributed by atoms with van der Waals surface area (Å²) in [6, 6.07) is 6.35. The Morgan fingerprint density at radius 1 is 1.30 bits per heavy atom. The minimum Gasteiger partial charge on any atom is -0.481 e. The molecule has 2 N–H and O–H groups in total. The Bertz CT molecular complexity index is 564. The Morgan fingerprint density at radius 2 is 1.90 bits per heavy atom. The maximum atomic E-state index is 11.5. The molecule has 0 radical (unpaired) electrons. The van der Waals surface area contributed by atoms with Crippen molar-refractivity contribution < 1.29 is 14.7 Å². The Hall–Kier alpha value is -2.37. The molecule has 0 aromatic heterocycles. The summed E-state index contributed by atoms with van der Waals surface area (Å²) in [7, 11) is 3.85. The van der Waals surface area contributed by atoms with Crippen molar-refractivity contribution in [1.82, 2.24) is 5.32 Å². The second kappa shape index (κ2) is 5.32. The molecule has 1 heterocycles. The molecule has 0 unspecified atom stereocenters. The van der Waals surface area contributed by atoms with Gasteiger partial charge in [0, 0.05) is 25.5 Å². The monoisotopic (exact) mass is 275 g/mol. The number of rotatable bonds is 3. The van der Waals surface area contributed by atoms with Gasteiger partial charge >= 0.3 is 12.0 Å². The zero-order valence-electron chi connectivity index (χ0n) is 11.6. The van der Waals surface area contributed by atoms with Crippen LogP contribution in [0.5, 0.6) is 0 Å². The van der Waals surface area contributed by atoms with Gasteiger partial charge in [0.1, 0.15) is 5.92 Å². The van der Waals surface area contributed by atoms with Gasteiger partial charge in [-0.15, -0.1) is 0 Å². The van der Waals surface area contributed by atoms with Crippen molar-refractivity contribution in [2.45, 2.75) is 13.0 Å². The van der Waals surface area contributed by atoms with E-state index in [4.69, 9.17) is 0 Å². The van der Waals surface area contributed by atoms with E-state index in [-0.39, 0.29) is 0 Å². The normalized spacial score (nSPS) is 21.9. The fraction of sp³-hybridized carbons (Fsp3) is 0.357. The number of aliphatic carboxylic acids is 1. The second-order valence-electron chi connectivity index (χ2n) is 4.98. The molecule has 1 aliphatic heterocycles. The van der Waals surface area contributed by atoms with Gasteiger partial charge in [-0.2, -0.15) is 0 Å². The van der Waals surface area contributed by atoms with Crippen LogP contribution in [-0.4, -0.2) is 36.9 Å². The van der Waals surface area contributed by atoms with Crippen LogP contribution in [0.1, 0.15) is 18.5 Å². The van der Waals surface area contributed by atoms with Crippen molar-refractivity contribution in [3.05, 3.63) is 29.8 Å². The van der Waals surface area contributed by atoms with Crippen LogP contribution in [0.4, 0.5) is 10.5 Å². The van der Waals surface area contributed by atoms with Gasteiger partial charge in [0.15, 0.2) is 0 Å². The van der Waals surface area contributed by atoms with Gasteiger partial charge in [0.25, 0.3) is 0 Å². The standard InChI is InChI=1S/C14H17N3O3/c1-8-11(13(18)19)12(16-14(20)15-8)9-4-6-10(7-5-9)17(2)3/h4-7,11-12H,1-3H3,(H,16,20)(H,18,19)/t11-,12-/m1/s1. The lowest BCUT2D eigenvalue weighted by Crippen LogP contribution is -2.43. The summed E-state index contributed by atoms with van der Waals surface area (Å²) in [6.45, 7) is 1.57. The number of nitrogens with one attached hydrogen (secondary N) is 1. The first-order valence-electron chi connectivity index (χ1n) is 6.26. The molecule has 106 valence electrons. The smallest absolute Gasteiger partial charge is 0.341 e. The predicted octanol–water partition coefficient (Wildman–Crippen LogP) is 1.68. The average Bonchev–Trinajstić information content (AvgIpc) is 2.37. The van der Waals surface area contributed by atoms with Crippen LogP contribution in [0.2, 0.25) is 0 Å². The predicted molar refractivity (Wildman–Crippen MR) is 76.3 cm³/mol. The lowest BCUT2D eigenvalue weighted by molar-refractivity contribution is -0.140. The number of carbonyl (C=O) groups is 2. The molecule has 20 heavy (non-hydrogen) atoms. The number of benzene rings is 1. The minimum atomic E-state index is -0.993. The molecule has 0 spiro atoms. The van der Waals surface area contributed by atoms with Crippen LogP contribution < -0.4 is 10.2 Å². The van der Waals surface area contributed by atoms with Gasteiger partial charge < -0.3 is 15.3 Å². The summed E-state index contributed by atoms with van der Waals surface area (Å²) in [5.41, 5.74) is 2.08. The first-order valence-corrected chi connectivity index (χ1v) is 6.26. The van der Waals surface area contributed by atoms with Crippen molar-refractivity contribution in [2.75, 3.05) is 19.0 Å². The highest BCUT2D eigenvalue weighted by Gasteiger charge is 2.36. The summed E-state index contributed by atoms with van der Waals surface area (Å²) in [6.07, 6.45) is 0. The summed E-state index contributed by atoms with van der Waals surface area (Å²) < 4.78 is 0. The quantitative estimate of drug-likeness (QED) is 0.879. The number of anilines is 1. The molecule has 2 rings (SSSR count). The SMILES string of the molecule is CC1=NC(=O)N[C@H](c2ccc(N(C)C)cc2)[C@@H]1C(=O)O. The van der Waals surface area contributed by atoms with Crippen molar-refractivity contribution >= 4 is 23.4 Å². The van der Waals surface area contributed by atoms with Crippen LogP contribution in [-0.2, 0) is 4.79 Å². The number of hydrogen-bond donors (Lipinski definition) is 2. The summed E-state index contributed by atoms with van der Waals surface area (Å²) >= 11 is 0. The van der Waals surface area contributed by atoms with Crippen LogP contribution in [0.25, 0.3) is 0 Å². The first kappa shape index (κ1) is 14.0. The number of hydrogen-bond acceptors (Lipinski definition) is 3. The zero-order chi connectivity index (χ0) is 14.9. The highest BCUT2D eigenvalue weighted by atomic mass is 16.4. The van der Waals surface area contributed by atoms with Gasteiger partial charge in [-0.25, -0.2) is 9.79 Å². The van der Waals surface area contributed by atoms with Crippen molar-refractivity contribution in [1.29, 1.82) is 0 Å². The maximum absolute atomic E-state index is 11.5. The molecular weight excluding hydrogens is 258 g/mol. The van der Waals surface area contributed by atoms with Crippen LogP contribution >= 0.6 is 0 Å². The van der Waals surface area contributed by atoms with Gasteiger partial charge in [0.2, 0.25) is 0 Å². The molecule has 1 aromatic rings. The van der Waals surface area contributed by atoms with E-state index in [0.29, 0.717) is 5.71 Å². The van der Waals surface area contributed by atoms with Gasteiger partial charge in [-0.1, -0.05) is 12.1 Å². The highest BCUT2D eigenvalue weighted by Crippen LogP contribution is 2.28. The lowest BCUT2D eigenvalue weighted by atomic mass is 9.88. The number of amides is 2. The number of nitrogens with zero attached hydrogens (tertiary/aromatic N) is 2. The second-order valence-corrected chi connectivity index (χ2v) is 4.98. The molecule has 0 saturated heterocycles. The van der Waals surface area contributed by atoms with E-state index in [2.05, 4.69) is 10.3 Å². The molecule has 6 nitrogen and oxygen atoms in total. The maximum Gasteiger partial charge on any atom is 0.341 e. The molecule has 0 fully saturated rings. The van der Waals surface area contributed by atoms with Crippen molar-refractivity contribution in [3.63, 3.8) is 0 Å². The lowest BCUT2D eigenvalue weighted by Gasteiger charge is -2.28. The molecule has 1 aromatic carbocycles. The van der Waals surface area contributed by atoms with E-state index in [9.17, 15) is 14.7 Å². The van der Waals surface area contributed by atoms with Crippen molar-refractivity contribution in [3.8, 4) is 0 Å². The molecule has 0 saturated carbocycles. The van der Waals surface area contributed by atoms with Gasteiger partial charge in [-0.3, -0.25) is 4.79 Å². The molecule has 0 bridgehead atoms. The van der Waals surface area contributed by atoms with E-state index >= 15 is 0 Å². The van der Waals surface area contributed by atoms with E-state index < -0.39 is 24.0 Å². The number of carboxylic acids is 1. The number of carboxylic acid groups (broad SMARTS) is 1. The Balaban J connectivity index is 2.36. The van der Waals surface area contributed by atoms with E-state index in [0.717, 1.165) is 11.3 Å². The minimum absolute atomic E-state index is 0.322. The molecule has 2 amide bonds. The van der Waals surface area contributed by atoms with E-state index in [1.165, 1.54) is 0 Å². The van der Waals surface area contributed by atoms with Gasteiger partial charge in [0.05, 0.1) is 6.04 Å². The van der Waals surface area contributed by atoms with Crippen LogP contribution in [0.15, 0.2) is 29.3 Å². The third-order valence-electron chi connectivity index (χ3n) is 3.37. The molecular formula is C14H17N3O3. The zero-order valence-corrected chi connectivity index (χ0v) is 11.6. The number of carbonyl (C=O) groups excluding carboxylic acids is 1. The highest BCUT2D eigenvalue weighted by molar-refractivity contribution is 6.07. The summed E-state index contributed by atoms with van der Waals surface area (Å²) in [4.78, 5) is 28.5. The Labute approximate surface area is 117 Å².